The fraction of sp³-hybridized carbons (Fsp3) is 0.467. The second kappa shape index (κ2) is 7.04. The van der Waals surface area contributed by atoms with Crippen LogP contribution in [0, 0.1) is 0 Å². The van der Waals surface area contributed by atoms with Gasteiger partial charge < -0.3 is 4.90 Å². The first-order chi connectivity index (χ1) is 9.65. The van der Waals surface area contributed by atoms with E-state index in [9.17, 15) is 0 Å². The molecule has 0 spiro atoms. The van der Waals surface area contributed by atoms with Crippen LogP contribution in [0.25, 0.3) is 0 Å². The van der Waals surface area contributed by atoms with E-state index in [4.69, 9.17) is 11.6 Å². The topological polar surface area (TPSA) is 29.0 Å². The highest BCUT2D eigenvalue weighted by molar-refractivity contribution is 7.09. The normalized spacial score (nSPS) is 11.1. The standard InChI is InChI=1S/C15H20ClN3S/c1-4-19(10-12-6-5-7-20-12)14-9-17-15(11(2)3)18-13(14)8-16/h5-7,9,11H,4,8,10H2,1-3H3. The molecular formula is C15H20ClN3S. The van der Waals surface area contributed by atoms with E-state index in [1.165, 1.54) is 4.88 Å². The fourth-order valence-electron chi connectivity index (χ4n) is 2.02. The summed E-state index contributed by atoms with van der Waals surface area (Å²) in [5.41, 5.74) is 1.96. The molecule has 0 radical (unpaired) electrons. The van der Waals surface area contributed by atoms with Crippen molar-refractivity contribution >= 4 is 28.6 Å². The van der Waals surface area contributed by atoms with Crippen LogP contribution in [0.15, 0.2) is 23.7 Å². The first kappa shape index (κ1) is 15.3. The van der Waals surface area contributed by atoms with Crippen LogP contribution >= 0.6 is 22.9 Å². The fourth-order valence-corrected chi connectivity index (χ4v) is 2.94. The number of hydrogen-bond acceptors (Lipinski definition) is 4. The van der Waals surface area contributed by atoms with Gasteiger partial charge in [0.2, 0.25) is 0 Å². The molecule has 0 aliphatic heterocycles. The highest BCUT2D eigenvalue weighted by atomic mass is 35.5. The number of aromatic nitrogens is 2. The molecule has 0 fully saturated rings. The van der Waals surface area contributed by atoms with Crippen molar-refractivity contribution in [1.82, 2.24) is 9.97 Å². The van der Waals surface area contributed by atoms with E-state index in [1.807, 2.05) is 6.20 Å². The Labute approximate surface area is 129 Å². The van der Waals surface area contributed by atoms with Crippen molar-refractivity contribution in [2.45, 2.75) is 39.1 Å². The third-order valence-corrected chi connectivity index (χ3v) is 4.27. The van der Waals surface area contributed by atoms with Gasteiger partial charge in [-0.25, -0.2) is 9.97 Å². The van der Waals surface area contributed by atoms with Gasteiger partial charge in [0.1, 0.15) is 5.82 Å². The summed E-state index contributed by atoms with van der Waals surface area (Å²) in [5, 5.41) is 2.10. The number of anilines is 1. The zero-order valence-corrected chi connectivity index (χ0v) is 13.7. The largest absolute Gasteiger partial charge is 0.364 e. The summed E-state index contributed by atoms with van der Waals surface area (Å²) in [6.45, 7) is 8.11. The van der Waals surface area contributed by atoms with Crippen LogP contribution in [-0.4, -0.2) is 16.5 Å². The lowest BCUT2D eigenvalue weighted by atomic mass is 10.2. The Balaban J connectivity index is 2.29. The number of hydrogen-bond donors (Lipinski definition) is 0. The maximum Gasteiger partial charge on any atom is 0.131 e. The van der Waals surface area contributed by atoms with E-state index in [2.05, 4.69) is 53.2 Å². The first-order valence-electron chi connectivity index (χ1n) is 6.84. The van der Waals surface area contributed by atoms with E-state index in [-0.39, 0.29) is 0 Å². The lowest BCUT2D eigenvalue weighted by Crippen LogP contribution is -2.23. The molecule has 0 aromatic carbocycles. The van der Waals surface area contributed by atoms with Gasteiger partial charge in [-0.05, 0) is 18.4 Å². The van der Waals surface area contributed by atoms with Gasteiger partial charge in [-0.1, -0.05) is 19.9 Å². The van der Waals surface area contributed by atoms with Gasteiger partial charge in [0.05, 0.1) is 30.0 Å². The van der Waals surface area contributed by atoms with E-state index in [0.29, 0.717) is 11.8 Å². The minimum atomic E-state index is 0.318. The number of thiophene rings is 1. The molecule has 2 aromatic heterocycles. The summed E-state index contributed by atoms with van der Waals surface area (Å²) in [4.78, 5) is 12.7. The molecule has 0 bridgehead atoms. The van der Waals surface area contributed by atoms with Crippen molar-refractivity contribution in [2.24, 2.45) is 0 Å². The number of halogens is 1. The molecule has 0 atom stereocenters. The molecule has 2 aromatic rings. The highest BCUT2D eigenvalue weighted by Gasteiger charge is 2.14. The average Bonchev–Trinajstić information content (AvgIpc) is 2.97. The Morgan fingerprint density at radius 2 is 2.20 bits per heavy atom. The second-order valence-corrected chi connectivity index (χ2v) is 6.24. The van der Waals surface area contributed by atoms with Gasteiger partial charge in [-0.2, -0.15) is 0 Å². The van der Waals surface area contributed by atoms with E-state index < -0.39 is 0 Å². The summed E-state index contributed by atoms with van der Waals surface area (Å²) < 4.78 is 0. The summed E-state index contributed by atoms with van der Waals surface area (Å²) in [6, 6.07) is 4.23. The molecule has 0 N–H and O–H groups in total. The molecule has 108 valence electrons. The molecule has 0 aliphatic carbocycles. The van der Waals surface area contributed by atoms with Crippen molar-refractivity contribution < 1.29 is 0 Å². The van der Waals surface area contributed by atoms with E-state index in [0.717, 1.165) is 30.3 Å². The first-order valence-corrected chi connectivity index (χ1v) is 8.26. The maximum absolute atomic E-state index is 6.08. The van der Waals surface area contributed by atoms with Gasteiger partial charge in [0, 0.05) is 17.3 Å². The Morgan fingerprint density at radius 1 is 1.40 bits per heavy atom. The van der Waals surface area contributed by atoms with Crippen LogP contribution in [-0.2, 0) is 12.4 Å². The quantitative estimate of drug-likeness (QED) is 0.739. The zero-order valence-electron chi connectivity index (χ0n) is 12.1. The van der Waals surface area contributed by atoms with Crippen LogP contribution < -0.4 is 4.90 Å². The van der Waals surface area contributed by atoms with Crippen molar-refractivity contribution in [3.8, 4) is 0 Å². The van der Waals surface area contributed by atoms with Crippen LogP contribution in [0.2, 0.25) is 0 Å². The molecular weight excluding hydrogens is 290 g/mol. The molecule has 2 heterocycles. The molecule has 0 saturated heterocycles. The van der Waals surface area contributed by atoms with Gasteiger partial charge in [0.25, 0.3) is 0 Å². The Hall–Kier alpha value is -1.13. The average molecular weight is 310 g/mol. The van der Waals surface area contributed by atoms with Crippen LogP contribution in [0.4, 0.5) is 5.69 Å². The predicted octanol–water partition coefficient (Wildman–Crippen LogP) is 4.43. The zero-order chi connectivity index (χ0) is 14.5. The van der Waals surface area contributed by atoms with Crippen molar-refractivity contribution in [1.29, 1.82) is 0 Å². The third-order valence-electron chi connectivity index (χ3n) is 3.16. The minimum Gasteiger partial charge on any atom is -0.364 e. The molecule has 3 nitrogen and oxygen atoms in total. The third kappa shape index (κ3) is 3.49. The molecule has 20 heavy (non-hydrogen) atoms. The number of alkyl halides is 1. The predicted molar refractivity (Wildman–Crippen MR) is 86.7 cm³/mol. The summed E-state index contributed by atoms with van der Waals surface area (Å²) >= 11 is 7.84. The lowest BCUT2D eigenvalue weighted by molar-refractivity contribution is 0.751. The van der Waals surface area contributed by atoms with Gasteiger partial charge >= 0.3 is 0 Å². The lowest BCUT2D eigenvalue weighted by Gasteiger charge is -2.24. The Bertz CT molecular complexity index is 540. The smallest absolute Gasteiger partial charge is 0.131 e. The molecule has 0 amide bonds. The summed E-state index contributed by atoms with van der Waals surface area (Å²) in [5.74, 6) is 1.59. The van der Waals surface area contributed by atoms with Gasteiger partial charge in [-0.3, -0.25) is 0 Å². The van der Waals surface area contributed by atoms with Crippen molar-refractivity contribution in [3.05, 3.63) is 40.1 Å². The molecule has 2 rings (SSSR count). The molecule has 0 aliphatic rings. The Kier molecular flexibility index (Phi) is 5.38. The van der Waals surface area contributed by atoms with Crippen molar-refractivity contribution in [3.63, 3.8) is 0 Å². The number of rotatable bonds is 6. The van der Waals surface area contributed by atoms with Crippen LogP contribution in [0.5, 0.6) is 0 Å². The van der Waals surface area contributed by atoms with Crippen LogP contribution in [0.3, 0.4) is 0 Å². The van der Waals surface area contributed by atoms with Crippen LogP contribution in [0.1, 0.15) is 43.1 Å². The molecule has 0 saturated carbocycles. The Morgan fingerprint density at radius 3 is 2.75 bits per heavy atom. The summed E-state index contributed by atoms with van der Waals surface area (Å²) in [6.07, 6.45) is 1.91. The summed E-state index contributed by atoms with van der Waals surface area (Å²) in [7, 11) is 0. The van der Waals surface area contributed by atoms with E-state index in [1.54, 1.807) is 11.3 Å². The second-order valence-electron chi connectivity index (χ2n) is 4.94. The van der Waals surface area contributed by atoms with E-state index >= 15 is 0 Å². The minimum absolute atomic E-state index is 0.318. The molecule has 0 unspecified atom stereocenters. The SMILES string of the molecule is CCN(Cc1cccs1)c1cnc(C(C)C)nc1CCl. The maximum atomic E-state index is 6.08. The van der Waals surface area contributed by atoms with Crippen molar-refractivity contribution in [2.75, 3.05) is 11.4 Å². The highest BCUT2D eigenvalue weighted by Crippen LogP contribution is 2.24. The number of nitrogens with zero attached hydrogens (tertiary/aromatic N) is 3. The molecule has 5 heteroatoms. The van der Waals surface area contributed by atoms with Gasteiger partial charge in [-0.15, -0.1) is 22.9 Å². The monoisotopic (exact) mass is 309 g/mol. The van der Waals surface area contributed by atoms with Gasteiger partial charge in [0.15, 0.2) is 0 Å².